The molecule has 0 spiro atoms. The Bertz CT molecular complexity index is 854. The first-order valence-electron chi connectivity index (χ1n) is 10.0. The van der Waals surface area contributed by atoms with Crippen LogP contribution in [0.3, 0.4) is 0 Å². The summed E-state index contributed by atoms with van der Waals surface area (Å²) in [5.41, 5.74) is 5.85. The maximum atomic E-state index is 11.6. The third kappa shape index (κ3) is 7.22. The fourth-order valence-electron chi connectivity index (χ4n) is 3.10. The predicted molar refractivity (Wildman–Crippen MR) is 125 cm³/mol. The topological polar surface area (TPSA) is 49.3 Å². The molecule has 0 radical (unpaired) electrons. The molecule has 29 heavy (non-hydrogen) atoms. The molecule has 0 bridgehead atoms. The summed E-state index contributed by atoms with van der Waals surface area (Å²) in [6, 6.07) is 17.6. The van der Waals surface area contributed by atoms with Crippen molar-refractivity contribution in [3.8, 4) is 11.1 Å². The van der Waals surface area contributed by atoms with E-state index in [9.17, 15) is 9.90 Å². The third-order valence-electron chi connectivity index (χ3n) is 4.84. The van der Waals surface area contributed by atoms with Crippen LogP contribution in [-0.2, 0) is 4.79 Å². The lowest BCUT2D eigenvalue weighted by Gasteiger charge is -2.22. The number of allylic oxidation sites excluding steroid dienone is 3. The van der Waals surface area contributed by atoms with E-state index in [1.54, 1.807) is 0 Å². The first-order valence-corrected chi connectivity index (χ1v) is 10.7. The molecule has 1 unspecified atom stereocenters. The number of thiol groups is 1. The van der Waals surface area contributed by atoms with Gasteiger partial charge in [-0.3, -0.25) is 10.1 Å². The van der Waals surface area contributed by atoms with E-state index < -0.39 is 12.0 Å². The lowest BCUT2D eigenvalue weighted by molar-refractivity contribution is -0.138. The summed E-state index contributed by atoms with van der Waals surface area (Å²) in [4.78, 5) is 11.6. The molecule has 3 nitrogen and oxygen atoms in total. The fourth-order valence-corrected chi connectivity index (χ4v) is 3.36. The molecule has 0 amide bonds. The van der Waals surface area contributed by atoms with Crippen LogP contribution < -0.4 is 5.32 Å². The molecule has 4 heteroatoms. The van der Waals surface area contributed by atoms with E-state index in [1.165, 1.54) is 11.1 Å². The average molecular weight is 410 g/mol. The maximum absolute atomic E-state index is 11.6. The summed E-state index contributed by atoms with van der Waals surface area (Å²) < 4.78 is 0. The van der Waals surface area contributed by atoms with Crippen LogP contribution in [0.2, 0.25) is 0 Å². The number of carboxylic acid groups (broad SMARTS) is 1. The minimum absolute atomic E-state index is 0.201. The summed E-state index contributed by atoms with van der Waals surface area (Å²) in [5, 5.41) is 12.8. The van der Waals surface area contributed by atoms with Crippen molar-refractivity contribution in [1.29, 1.82) is 0 Å². The fraction of sp³-hybridized carbons (Fsp3) is 0.320. The van der Waals surface area contributed by atoms with E-state index in [4.69, 9.17) is 0 Å². The van der Waals surface area contributed by atoms with Gasteiger partial charge < -0.3 is 5.11 Å². The second kappa shape index (κ2) is 11.6. The van der Waals surface area contributed by atoms with Gasteiger partial charge in [0.1, 0.15) is 6.04 Å². The first kappa shape index (κ1) is 23.0. The molecular formula is C25H31NO2S. The third-order valence-corrected chi connectivity index (χ3v) is 5.21. The summed E-state index contributed by atoms with van der Waals surface area (Å²) in [5.74, 6) is -0.659. The van der Waals surface area contributed by atoms with E-state index >= 15 is 0 Å². The van der Waals surface area contributed by atoms with E-state index in [0.29, 0.717) is 0 Å². The molecule has 0 saturated heterocycles. The number of aliphatic carboxylic acids is 1. The number of rotatable bonds is 10. The van der Waals surface area contributed by atoms with Gasteiger partial charge in [-0.1, -0.05) is 78.8 Å². The van der Waals surface area contributed by atoms with Crippen LogP contribution in [0.15, 0.2) is 77.9 Å². The van der Waals surface area contributed by atoms with Gasteiger partial charge in [0.15, 0.2) is 0 Å². The van der Waals surface area contributed by atoms with Crippen molar-refractivity contribution in [2.75, 3.05) is 5.75 Å². The van der Waals surface area contributed by atoms with Crippen LogP contribution in [0.4, 0.5) is 0 Å². The molecule has 0 saturated carbocycles. The minimum atomic E-state index is -0.889. The predicted octanol–water partition coefficient (Wildman–Crippen LogP) is 6.06. The molecule has 0 heterocycles. The monoisotopic (exact) mass is 409 g/mol. The number of nitrogens with one attached hydrogen (secondary N) is 1. The highest BCUT2D eigenvalue weighted by Crippen LogP contribution is 2.26. The van der Waals surface area contributed by atoms with Gasteiger partial charge in [-0.15, -0.1) is 0 Å². The Morgan fingerprint density at radius 1 is 1.10 bits per heavy atom. The second-order valence-electron chi connectivity index (χ2n) is 7.37. The number of carboxylic acids is 1. The van der Waals surface area contributed by atoms with Gasteiger partial charge in [0.25, 0.3) is 0 Å². The Labute approximate surface area is 180 Å². The maximum Gasteiger partial charge on any atom is 0.321 e. The molecule has 2 atom stereocenters. The minimum Gasteiger partial charge on any atom is -0.480 e. The van der Waals surface area contributed by atoms with Crippen molar-refractivity contribution in [3.63, 3.8) is 0 Å². The zero-order valence-corrected chi connectivity index (χ0v) is 18.3. The molecule has 2 aromatic rings. The summed E-state index contributed by atoms with van der Waals surface area (Å²) in [6.07, 6.45) is 6.16. The van der Waals surface area contributed by atoms with Gasteiger partial charge in [-0.25, -0.2) is 0 Å². The highest BCUT2D eigenvalue weighted by molar-refractivity contribution is 7.80. The quantitative estimate of drug-likeness (QED) is 0.330. The standard InChI is InChI=1S/C25H31NO2S/c1-4-19(14-13-18(2)3)15-23(26-24(17-29)25(27)28)22-12-8-11-21(16-22)20-9-6-5-7-10-20/h5-13,15-16,23-24,26,29H,4,14,17H2,1-3H3,(H,27,28)/t23?,24-/m0/s1. The number of hydrogen-bond donors (Lipinski definition) is 3. The number of benzene rings is 2. The SMILES string of the molecule is CCC(=CC(N[C@@H](CS)C(=O)O)c1cccc(-c2ccccc2)c1)CC=C(C)C. The normalized spacial score (nSPS) is 13.6. The van der Waals surface area contributed by atoms with Crippen LogP contribution >= 0.6 is 12.6 Å². The van der Waals surface area contributed by atoms with Gasteiger partial charge in [-0.2, -0.15) is 12.6 Å². The van der Waals surface area contributed by atoms with Crippen molar-refractivity contribution < 1.29 is 9.90 Å². The molecule has 0 fully saturated rings. The van der Waals surface area contributed by atoms with Crippen molar-refractivity contribution in [3.05, 3.63) is 83.5 Å². The van der Waals surface area contributed by atoms with Crippen LogP contribution in [0.1, 0.15) is 45.2 Å². The summed E-state index contributed by atoms with van der Waals surface area (Å²) in [7, 11) is 0. The van der Waals surface area contributed by atoms with Crippen LogP contribution in [-0.4, -0.2) is 22.9 Å². The van der Waals surface area contributed by atoms with Gasteiger partial charge >= 0.3 is 5.97 Å². The Hall–Kier alpha value is -2.30. The van der Waals surface area contributed by atoms with Crippen LogP contribution in [0.25, 0.3) is 11.1 Å². The lowest BCUT2D eigenvalue weighted by atomic mass is 9.96. The summed E-state index contributed by atoms with van der Waals surface area (Å²) in [6.45, 7) is 6.32. The van der Waals surface area contributed by atoms with Gasteiger partial charge in [0, 0.05) is 5.75 Å². The van der Waals surface area contributed by atoms with E-state index in [0.717, 1.165) is 29.5 Å². The Morgan fingerprint density at radius 2 is 1.79 bits per heavy atom. The van der Waals surface area contributed by atoms with Crippen molar-refractivity contribution >= 4 is 18.6 Å². The Balaban J connectivity index is 2.43. The molecular weight excluding hydrogens is 378 g/mol. The molecule has 2 rings (SSSR count). The first-order chi connectivity index (χ1) is 13.9. The molecule has 2 aromatic carbocycles. The smallest absolute Gasteiger partial charge is 0.321 e. The Morgan fingerprint density at radius 3 is 2.38 bits per heavy atom. The van der Waals surface area contributed by atoms with E-state index in [2.05, 4.69) is 75.1 Å². The molecule has 0 aromatic heterocycles. The van der Waals surface area contributed by atoms with E-state index in [-0.39, 0.29) is 11.8 Å². The summed E-state index contributed by atoms with van der Waals surface area (Å²) >= 11 is 4.23. The average Bonchev–Trinajstić information content (AvgIpc) is 2.73. The van der Waals surface area contributed by atoms with Crippen molar-refractivity contribution in [2.45, 2.75) is 45.7 Å². The molecule has 0 aliphatic heterocycles. The van der Waals surface area contributed by atoms with Crippen LogP contribution in [0.5, 0.6) is 0 Å². The number of hydrogen-bond acceptors (Lipinski definition) is 3. The van der Waals surface area contributed by atoms with Crippen molar-refractivity contribution in [2.24, 2.45) is 0 Å². The largest absolute Gasteiger partial charge is 0.480 e. The molecule has 2 N–H and O–H groups in total. The lowest BCUT2D eigenvalue weighted by Crippen LogP contribution is -2.40. The van der Waals surface area contributed by atoms with Crippen molar-refractivity contribution in [1.82, 2.24) is 5.32 Å². The van der Waals surface area contributed by atoms with E-state index in [1.807, 2.05) is 30.3 Å². The highest BCUT2D eigenvalue weighted by Gasteiger charge is 2.20. The Kier molecular flexibility index (Phi) is 9.23. The second-order valence-corrected chi connectivity index (χ2v) is 7.74. The number of carbonyl (C=O) groups is 1. The zero-order valence-electron chi connectivity index (χ0n) is 17.4. The molecule has 0 aliphatic rings. The highest BCUT2D eigenvalue weighted by atomic mass is 32.1. The zero-order chi connectivity index (χ0) is 21.2. The molecule has 0 aliphatic carbocycles. The van der Waals surface area contributed by atoms with Gasteiger partial charge in [0.2, 0.25) is 0 Å². The molecule has 154 valence electrons. The van der Waals surface area contributed by atoms with Gasteiger partial charge in [-0.05, 0) is 49.4 Å². The van der Waals surface area contributed by atoms with Gasteiger partial charge in [0.05, 0.1) is 6.04 Å². The van der Waals surface area contributed by atoms with Crippen LogP contribution in [0, 0.1) is 0 Å².